The summed E-state index contributed by atoms with van der Waals surface area (Å²) in [5.74, 6) is 0.329. The Bertz CT molecular complexity index is 1370. The van der Waals surface area contributed by atoms with E-state index in [1.54, 1.807) is 17.0 Å². The molecule has 0 fully saturated rings. The molecule has 0 radical (unpaired) electrons. The minimum atomic E-state index is -0.556. The molecule has 0 saturated carbocycles. The Morgan fingerprint density at radius 1 is 1.15 bits per heavy atom. The molecule has 0 bridgehead atoms. The van der Waals surface area contributed by atoms with E-state index >= 15 is 0 Å². The van der Waals surface area contributed by atoms with Crippen molar-refractivity contribution >= 4 is 22.8 Å². The number of anilines is 2. The van der Waals surface area contributed by atoms with E-state index in [1.807, 2.05) is 42.6 Å². The lowest BCUT2D eigenvalue weighted by atomic mass is 10.2. The van der Waals surface area contributed by atoms with Gasteiger partial charge in [0.1, 0.15) is 34.7 Å². The highest BCUT2D eigenvalue weighted by Gasteiger charge is 2.19. The predicted octanol–water partition coefficient (Wildman–Crippen LogP) is 3.37. The number of nitrogen functional groups attached to an aromatic ring is 1. The quantitative estimate of drug-likeness (QED) is 0.380. The van der Waals surface area contributed by atoms with Crippen LogP contribution in [0.25, 0.3) is 0 Å². The summed E-state index contributed by atoms with van der Waals surface area (Å²) in [4.78, 5) is 33.9. The summed E-state index contributed by atoms with van der Waals surface area (Å²) in [6.07, 6.45) is 0. The number of nitrogens with one attached hydrogen (secondary N) is 1. The van der Waals surface area contributed by atoms with Crippen molar-refractivity contribution in [1.82, 2.24) is 14.5 Å². The van der Waals surface area contributed by atoms with Gasteiger partial charge in [0.25, 0.3) is 5.56 Å². The van der Waals surface area contributed by atoms with Gasteiger partial charge in [-0.15, -0.1) is 11.3 Å². The third kappa shape index (κ3) is 5.34. The first-order valence-corrected chi connectivity index (χ1v) is 11.6. The first kappa shape index (κ1) is 23.2. The van der Waals surface area contributed by atoms with Crippen molar-refractivity contribution in [2.75, 3.05) is 17.2 Å². The van der Waals surface area contributed by atoms with Crippen molar-refractivity contribution in [2.24, 2.45) is 0 Å². The van der Waals surface area contributed by atoms with Gasteiger partial charge in [-0.1, -0.05) is 30.3 Å². The number of aromatic nitrogens is 3. The predicted molar refractivity (Wildman–Crippen MR) is 131 cm³/mol. The van der Waals surface area contributed by atoms with E-state index in [4.69, 9.17) is 10.5 Å². The lowest BCUT2D eigenvalue weighted by Gasteiger charge is -2.24. The number of halogens is 1. The fourth-order valence-corrected chi connectivity index (χ4v) is 4.21. The molecule has 0 atom stereocenters. The number of ether oxygens (including phenoxy) is 1. The summed E-state index contributed by atoms with van der Waals surface area (Å²) < 4.78 is 20.1. The largest absolute Gasteiger partial charge is 0.486 e. The summed E-state index contributed by atoms with van der Waals surface area (Å²) in [7, 11) is 0. The molecule has 0 saturated heterocycles. The minimum absolute atomic E-state index is 0.106. The zero-order valence-corrected chi connectivity index (χ0v) is 19.3. The van der Waals surface area contributed by atoms with Crippen LogP contribution in [0.15, 0.2) is 69.6 Å². The van der Waals surface area contributed by atoms with Crippen molar-refractivity contribution in [3.8, 4) is 5.75 Å². The highest BCUT2D eigenvalue weighted by molar-refractivity contribution is 7.09. The summed E-state index contributed by atoms with van der Waals surface area (Å²) in [5.41, 5.74) is 7.10. The van der Waals surface area contributed by atoms with Gasteiger partial charge in [-0.25, -0.2) is 14.2 Å². The second kappa shape index (κ2) is 10.3. The highest BCUT2D eigenvalue weighted by Crippen LogP contribution is 2.22. The fourth-order valence-electron chi connectivity index (χ4n) is 3.51. The number of hydrogen-bond acceptors (Lipinski definition) is 7. The second-order valence-electron chi connectivity index (χ2n) is 7.55. The molecule has 2 heterocycles. The molecule has 176 valence electrons. The SMILES string of the molecule is CCN(Cc1csc(COc2ccc(F)cc2)n1)c1c(N)n(Cc2ccccc2)c(=O)[nH]c1=O. The number of aromatic amines is 1. The number of hydrogen-bond donors (Lipinski definition) is 2. The smallest absolute Gasteiger partial charge is 0.330 e. The average Bonchev–Trinajstić information content (AvgIpc) is 3.28. The number of H-pyrrole nitrogens is 1. The molecule has 0 unspecified atom stereocenters. The number of thiazole rings is 1. The molecule has 4 aromatic rings. The van der Waals surface area contributed by atoms with Crippen LogP contribution in [0, 0.1) is 5.82 Å². The molecular formula is C24H24FN5O3S. The van der Waals surface area contributed by atoms with E-state index in [0.29, 0.717) is 18.8 Å². The Hall–Kier alpha value is -3.92. The van der Waals surface area contributed by atoms with Gasteiger partial charge in [0.2, 0.25) is 0 Å². The third-order valence-electron chi connectivity index (χ3n) is 5.22. The van der Waals surface area contributed by atoms with E-state index in [-0.39, 0.29) is 30.5 Å². The van der Waals surface area contributed by atoms with Crippen LogP contribution in [-0.2, 0) is 19.7 Å². The summed E-state index contributed by atoms with van der Waals surface area (Å²) >= 11 is 1.43. The lowest BCUT2D eigenvalue weighted by molar-refractivity contribution is 0.305. The van der Waals surface area contributed by atoms with Gasteiger partial charge in [0.05, 0.1) is 18.8 Å². The Kier molecular flexibility index (Phi) is 7.07. The number of benzene rings is 2. The normalized spacial score (nSPS) is 10.9. The summed E-state index contributed by atoms with van der Waals surface area (Å²) in [6.45, 7) is 3.20. The molecule has 0 spiro atoms. The molecule has 4 rings (SSSR count). The standard InChI is InChI=1S/C24H24FN5O3S/c1-2-29(13-18-15-34-20(27-18)14-33-19-10-8-17(25)9-11-19)21-22(26)30(24(32)28-23(21)31)12-16-6-4-3-5-7-16/h3-11,15H,2,12-14,26H2,1H3,(H,28,31,32). The minimum Gasteiger partial charge on any atom is -0.486 e. The van der Waals surface area contributed by atoms with Gasteiger partial charge in [0.15, 0.2) is 0 Å². The Labute approximate surface area is 199 Å². The van der Waals surface area contributed by atoms with Crippen LogP contribution >= 0.6 is 11.3 Å². The molecule has 0 aliphatic heterocycles. The zero-order valence-electron chi connectivity index (χ0n) is 18.5. The first-order valence-electron chi connectivity index (χ1n) is 10.7. The monoisotopic (exact) mass is 481 g/mol. The van der Waals surface area contributed by atoms with Crippen molar-refractivity contribution in [1.29, 1.82) is 0 Å². The molecule has 8 nitrogen and oxygen atoms in total. The molecule has 0 aliphatic carbocycles. The van der Waals surface area contributed by atoms with E-state index < -0.39 is 11.2 Å². The molecule has 10 heteroatoms. The Balaban J connectivity index is 1.52. The molecule has 2 aromatic carbocycles. The molecule has 3 N–H and O–H groups in total. The van der Waals surface area contributed by atoms with Gasteiger partial charge < -0.3 is 15.4 Å². The number of nitrogens with zero attached hydrogens (tertiary/aromatic N) is 3. The maximum Gasteiger partial charge on any atom is 0.330 e. The molecule has 0 amide bonds. The number of nitrogens with two attached hydrogens (primary N) is 1. The van der Waals surface area contributed by atoms with Crippen molar-refractivity contribution in [3.05, 3.63) is 103 Å². The van der Waals surface area contributed by atoms with E-state index in [2.05, 4.69) is 9.97 Å². The van der Waals surface area contributed by atoms with E-state index in [0.717, 1.165) is 16.3 Å². The first-order chi connectivity index (χ1) is 16.4. The van der Waals surface area contributed by atoms with Crippen LogP contribution in [0.5, 0.6) is 5.75 Å². The molecular weight excluding hydrogens is 457 g/mol. The third-order valence-corrected chi connectivity index (χ3v) is 6.09. The van der Waals surface area contributed by atoms with Crippen LogP contribution < -0.4 is 26.6 Å². The lowest BCUT2D eigenvalue weighted by Crippen LogP contribution is -2.38. The van der Waals surface area contributed by atoms with Crippen molar-refractivity contribution < 1.29 is 9.13 Å². The topological polar surface area (TPSA) is 106 Å². The maximum atomic E-state index is 13.0. The van der Waals surface area contributed by atoms with E-state index in [1.165, 1.54) is 28.0 Å². The average molecular weight is 482 g/mol. The maximum absolute atomic E-state index is 13.0. The number of rotatable bonds is 9. The summed E-state index contributed by atoms with van der Waals surface area (Å²) in [6, 6.07) is 15.2. The Morgan fingerprint density at radius 2 is 1.88 bits per heavy atom. The van der Waals surface area contributed by atoms with Crippen LogP contribution in [0.3, 0.4) is 0 Å². The molecule has 34 heavy (non-hydrogen) atoms. The van der Waals surface area contributed by atoms with E-state index in [9.17, 15) is 14.0 Å². The van der Waals surface area contributed by atoms with Gasteiger partial charge in [-0.3, -0.25) is 14.3 Å². The molecule has 0 aliphatic rings. The van der Waals surface area contributed by atoms with Crippen LogP contribution in [0.2, 0.25) is 0 Å². The van der Waals surface area contributed by atoms with Crippen molar-refractivity contribution in [2.45, 2.75) is 26.6 Å². The fraction of sp³-hybridized carbons (Fsp3) is 0.208. The highest BCUT2D eigenvalue weighted by atomic mass is 32.1. The van der Waals surface area contributed by atoms with Gasteiger partial charge in [0, 0.05) is 11.9 Å². The van der Waals surface area contributed by atoms with Crippen LogP contribution in [0.4, 0.5) is 15.9 Å². The zero-order chi connectivity index (χ0) is 24.1. The van der Waals surface area contributed by atoms with Crippen LogP contribution in [-0.4, -0.2) is 21.1 Å². The van der Waals surface area contributed by atoms with Crippen LogP contribution in [0.1, 0.15) is 23.2 Å². The second-order valence-corrected chi connectivity index (χ2v) is 8.50. The van der Waals surface area contributed by atoms with Gasteiger partial charge >= 0.3 is 5.69 Å². The van der Waals surface area contributed by atoms with Gasteiger partial charge in [-0.05, 0) is 36.8 Å². The summed E-state index contributed by atoms with van der Waals surface area (Å²) in [5, 5.41) is 2.63. The van der Waals surface area contributed by atoms with Crippen molar-refractivity contribution in [3.63, 3.8) is 0 Å². The Morgan fingerprint density at radius 3 is 2.59 bits per heavy atom. The van der Waals surface area contributed by atoms with Gasteiger partial charge in [-0.2, -0.15) is 0 Å². The molecule has 2 aromatic heterocycles.